The van der Waals surface area contributed by atoms with Gasteiger partial charge in [-0.05, 0) is 32.0 Å². The molecule has 2 rings (SSSR count). The third-order valence-electron chi connectivity index (χ3n) is 3.24. The minimum absolute atomic E-state index is 0.0747. The molecule has 0 aliphatic heterocycles. The third-order valence-corrected chi connectivity index (χ3v) is 3.24. The molecule has 0 aliphatic rings. The van der Waals surface area contributed by atoms with Gasteiger partial charge in [-0.1, -0.05) is 12.1 Å². The van der Waals surface area contributed by atoms with Gasteiger partial charge in [0.05, 0.1) is 12.2 Å². The van der Waals surface area contributed by atoms with Crippen molar-refractivity contribution in [1.82, 2.24) is 0 Å². The van der Waals surface area contributed by atoms with Crippen molar-refractivity contribution in [3.05, 3.63) is 47.2 Å². The lowest BCUT2D eigenvalue weighted by atomic mass is 10.1. The van der Waals surface area contributed by atoms with E-state index in [1.807, 2.05) is 0 Å². The van der Waals surface area contributed by atoms with Gasteiger partial charge in [-0.15, -0.1) is 0 Å². The van der Waals surface area contributed by atoms with Crippen LogP contribution in [0.5, 0.6) is 0 Å². The number of carbonyl (C=O) groups is 1. The lowest BCUT2D eigenvalue weighted by Gasteiger charge is -2.06. The molecule has 0 amide bonds. The summed E-state index contributed by atoms with van der Waals surface area (Å²) in [5.74, 6) is 0.000735. The van der Waals surface area contributed by atoms with Crippen LogP contribution in [0.3, 0.4) is 0 Å². The van der Waals surface area contributed by atoms with Crippen LogP contribution in [-0.2, 0) is 22.3 Å². The standard InChI is InChI=1S/C17H17F3O4/c1-3-22-10-15-13(16(21)23-4-2)9-14(24-15)11-5-7-12(8-6-11)17(18,19)20/h5-9H,3-4,10H2,1-2H3. The average Bonchev–Trinajstić information content (AvgIpc) is 2.96. The van der Waals surface area contributed by atoms with E-state index in [9.17, 15) is 18.0 Å². The molecule has 0 aliphatic carbocycles. The molecule has 0 N–H and O–H groups in total. The zero-order chi connectivity index (χ0) is 17.7. The van der Waals surface area contributed by atoms with Gasteiger partial charge in [0.2, 0.25) is 0 Å². The van der Waals surface area contributed by atoms with Gasteiger partial charge in [-0.3, -0.25) is 0 Å². The number of furan rings is 1. The number of halogens is 3. The van der Waals surface area contributed by atoms with Gasteiger partial charge in [0.25, 0.3) is 0 Å². The summed E-state index contributed by atoms with van der Waals surface area (Å²) in [4.78, 5) is 12.0. The Morgan fingerprint density at radius 3 is 2.33 bits per heavy atom. The lowest BCUT2D eigenvalue weighted by Crippen LogP contribution is -2.06. The first-order valence-corrected chi connectivity index (χ1v) is 7.42. The van der Waals surface area contributed by atoms with E-state index in [1.165, 1.54) is 18.2 Å². The van der Waals surface area contributed by atoms with E-state index in [2.05, 4.69) is 0 Å². The van der Waals surface area contributed by atoms with Crippen molar-refractivity contribution in [1.29, 1.82) is 0 Å². The second-order valence-electron chi connectivity index (χ2n) is 4.88. The highest BCUT2D eigenvalue weighted by atomic mass is 19.4. The smallest absolute Gasteiger partial charge is 0.416 e. The van der Waals surface area contributed by atoms with Crippen molar-refractivity contribution < 1.29 is 31.9 Å². The normalized spacial score (nSPS) is 11.5. The minimum atomic E-state index is -4.40. The van der Waals surface area contributed by atoms with Crippen LogP contribution in [-0.4, -0.2) is 19.2 Å². The summed E-state index contributed by atoms with van der Waals surface area (Å²) >= 11 is 0. The molecule has 2 aromatic rings. The zero-order valence-corrected chi connectivity index (χ0v) is 13.3. The first kappa shape index (κ1) is 18.1. The molecule has 1 aromatic carbocycles. The fourth-order valence-corrected chi connectivity index (χ4v) is 2.08. The van der Waals surface area contributed by atoms with Gasteiger partial charge in [-0.25, -0.2) is 4.79 Å². The van der Waals surface area contributed by atoms with Crippen LogP contribution < -0.4 is 0 Å². The van der Waals surface area contributed by atoms with E-state index in [-0.39, 0.29) is 30.3 Å². The Kier molecular flexibility index (Phi) is 5.66. The SMILES string of the molecule is CCOCc1oc(-c2ccc(C(F)(F)F)cc2)cc1C(=O)OCC. The molecule has 1 heterocycles. The fraction of sp³-hybridized carbons (Fsp3) is 0.353. The van der Waals surface area contributed by atoms with Gasteiger partial charge in [0, 0.05) is 12.2 Å². The predicted molar refractivity (Wildman–Crippen MR) is 80.4 cm³/mol. The van der Waals surface area contributed by atoms with Gasteiger partial charge in [0.1, 0.15) is 23.7 Å². The van der Waals surface area contributed by atoms with E-state index in [0.29, 0.717) is 12.2 Å². The molecule has 0 unspecified atom stereocenters. The van der Waals surface area contributed by atoms with Crippen LogP contribution >= 0.6 is 0 Å². The Bertz CT molecular complexity index is 687. The van der Waals surface area contributed by atoms with Crippen LogP contribution in [0.25, 0.3) is 11.3 Å². The van der Waals surface area contributed by atoms with Crippen LogP contribution in [0.4, 0.5) is 13.2 Å². The number of benzene rings is 1. The van der Waals surface area contributed by atoms with E-state index in [4.69, 9.17) is 13.9 Å². The number of esters is 1. The summed E-state index contributed by atoms with van der Waals surface area (Å²) in [7, 11) is 0. The molecule has 0 spiro atoms. The summed E-state index contributed by atoms with van der Waals surface area (Å²) in [6.07, 6.45) is -4.40. The van der Waals surface area contributed by atoms with Crippen LogP contribution in [0.1, 0.15) is 35.5 Å². The van der Waals surface area contributed by atoms with Crippen LogP contribution in [0, 0.1) is 0 Å². The molecule has 24 heavy (non-hydrogen) atoms. The van der Waals surface area contributed by atoms with Crippen LogP contribution in [0.15, 0.2) is 34.7 Å². The van der Waals surface area contributed by atoms with Gasteiger partial charge in [-0.2, -0.15) is 13.2 Å². The summed E-state index contributed by atoms with van der Waals surface area (Å²) in [6, 6.07) is 5.96. The maximum absolute atomic E-state index is 12.6. The minimum Gasteiger partial charge on any atom is -0.462 e. The molecule has 0 fully saturated rings. The Hall–Kier alpha value is -2.28. The van der Waals surface area contributed by atoms with Crippen molar-refractivity contribution in [2.45, 2.75) is 26.6 Å². The number of rotatable bonds is 6. The van der Waals surface area contributed by atoms with Crippen molar-refractivity contribution >= 4 is 5.97 Å². The summed E-state index contributed by atoms with van der Waals surface area (Å²) in [5, 5.41) is 0. The molecule has 130 valence electrons. The zero-order valence-electron chi connectivity index (χ0n) is 13.3. The molecular weight excluding hydrogens is 325 g/mol. The summed E-state index contributed by atoms with van der Waals surface area (Å²) in [5.41, 5.74) is -0.116. The second kappa shape index (κ2) is 7.53. The first-order chi connectivity index (χ1) is 11.4. The Morgan fingerprint density at radius 1 is 1.12 bits per heavy atom. The Balaban J connectivity index is 2.34. The molecule has 1 aromatic heterocycles. The summed E-state index contributed by atoms with van der Waals surface area (Å²) in [6.45, 7) is 4.18. The second-order valence-corrected chi connectivity index (χ2v) is 4.88. The lowest BCUT2D eigenvalue weighted by molar-refractivity contribution is -0.137. The van der Waals surface area contributed by atoms with E-state index >= 15 is 0 Å². The van der Waals surface area contributed by atoms with Crippen molar-refractivity contribution in [2.24, 2.45) is 0 Å². The largest absolute Gasteiger partial charge is 0.462 e. The molecular formula is C17H17F3O4. The van der Waals surface area contributed by atoms with Crippen molar-refractivity contribution in [3.8, 4) is 11.3 Å². The van der Waals surface area contributed by atoms with Gasteiger partial charge < -0.3 is 13.9 Å². The Morgan fingerprint density at radius 2 is 1.79 bits per heavy atom. The summed E-state index contributed by atoms with van der Waals surface area (Å²) < 4.78 is 53.7. The van der Waals surface area contributed by atoms with Gasteiger partial charge >= 0.3 is 12.1 Å². The highest BCUT2D eigenvalue weighted by Crippen LogP contribution is 2.32. The first-order valence-electron chi connectivity index (χ1n) is 7.42. The van der Waals surface area contributed by atoms with E-state index in [1.54, 1.807) is 13.8 Å². The maximum Gasteiger partial charge on any atom is 0.416 e. The molecule has 0 atom stereocenters. The number of carbonyl (C=O) groups excluding carboxylic acids is 1. The van der Waals surface area contributed by atoms with Crippen molar-refractivity contribution in [3.63, 3.8) is 0 Å². The monoisotopic (exact) mass is 342 g/mol. The highest BCUT2D eigenvalue weighted by molar-refractivity contribution is 5.92. The fourth-order valence-electron chi connectivity index (χ4n) is 2.08. The molecule has 0 radical (unpaired) electrons. The molecule has 0 bridgehead atoms. The van der Waals surface area contributed by atoms with E-state index in [0.717, 1.165) is 12.1 Å². The maximum atomic E-state index is 12.6. The molecule has 7 heteroatoms. The number of hydrogen-bond donors (Lipinski definition) is 0. The molecule has 0 saturated carbocycles. The number of ether oxygens (including phenoxy) is 2. The number of alkyl halides is 3. The van der Waals surface area contributed by atoms with Gasteiger partial charge in [0.15, 0.2) is 0 Å². The topological polar surface area (TPSA) is 48.7 Å². The quantitative estimate of drug-likeness (QED) is 0.715. The average molecular weight is 342 g/mol. The number of hydrogen-bond acceptors (Lipinski definition) is 4. The van der Waals surface area contributed by atoms with Crippen LogP contribution in [0.2, 0.25) is 0 Å². The molecule has 4 nitrogen and oxygen atoms in total. The third kappa shape index (κ3) is 4.17. The van der Waals surface area contributed by atoms with E-state index < -0.39 is 17.7 Å². The highest BCUT2D eigenvalue weighted by Gasteiger charge is 2.30. The predicted octanol–water partition coefficient (Wildman–Crippen LogP) is 4.68. The van der Waals surface area contributed by atoms with Crippen molar-refractivity contribution in [2.75, 3.05) is 13.2 Å². The molecule has 0 saturated heterocycles. The Labute approximate surface area is 137 Å².